The first-order valence-electron chi connectivity index (χ1n) is 7.05. The van der Waals surface area contributed by atoms with Crippen LogP contribution in [0.4, 0.5) is 11.6 Å². The molecule has 5 heteroatoms. The van der Waals surface area contributed by atoms with Crippen molar-refractivity contribution in [1.82, 2.24) is 10.2 Å². The SMILES string of the molecule is CC(C)CC(=O)Nc1ccc(NCc2ccccc2)nn1. The summed E-state index contributed by atoms with van der Waals surface area (Å²) in [5.41, 5.74) is 1.17. The molecule has 0 bridgehead atoms. The van der Waals surface area contributed by atoms with Crippen LogP contribution in [-0.2, 0) is 11.3 Å². The van der Waals surface area contributed by atoms with E-state index in [9.17, 15) is 4.79 Å². The van der Waals surface area contributed by atoms with E-state index in [0.717, 1.165) is 0 Å². The minimum atomic E-state index is -0.0377. The second kappa shape index (κ2) is 7.38. The molecule has 0 saturated heterocycles. The molecule has 0 fully saturated rings. The zero-order chi connectivity index (χ0) is 15.1. The number of nitrogens with one attached hydrogen (secondary N) is 2. The molecule has 2 N–H and O–H groups in total. The summed E-state index contributed by atoms with van der Waals surface area (Å²) in [5.74, 6) is 1.45. The van der Waals surface area contributed by atoms with Gasteiger partial charge in [0.25, 0.3) is 0 Å². The number of amides is 1. The lowest BCUT2D eigenvalue weighted by Crippen LogP contribution is -2.15. The number of hydrogen-bond acceptors (Lipinski definition) is 4. The summed E-state index contributed by atoms with van der Waals surface area (Å²) < 4.78 is 0. The average molecular weight is 284 g/mol. The van der Waals surface area contributed by atoms with Crippen molar-refractivity contribution in [1.29, 1.82) is 0 Å². The molecule has 0 saturated carbocycles. The van der Waals surface area contributed by atoms with Gasteiger partial charge >= 0.3 is 0 Å². The molecular weight excluding hydrogens is 264 g/mol. The highest BCUT2D eigenvalue weighted by Gasteiger charge is 2.06. The fourth-order valence-electron chi connectivity index (χ4n) is 1.85. The van der Waals surface area contributed by atoms with Gasteiger partial charge in [0.1, 0.15) is 5.82 Å². The van der Waals surface area contributed by atoms with Crippen LogP contribution < -0.4 is 10.6 Å². The molecule has 0 unspecified atom stereocenters. The molecule has 110 valence electrons. The maximum atomic E-state index is 11.6. The lowest BCUT2D eigenvalue weighted by Gasteiger charge is -2.07. The number of benzene rings is 1. The van der Waals surface area contributed by atoms with E-state index in [1.165, 1.54) is 5.56 Å². The first kappa shape index (κ1) is 15.0. The molecule has 21 heavy (non-hydrogen) atoms. The minimum absolute atomic E-state index is 0.0377. The predicted molar refractivity (Wildman–Crippen MR) is 83.9 cm³/mol. The maximum Gasteiger partial charge on any atom is 0.225 e. The number of anilines is 2. The molecule has 2 rings (SSSR count). The fourth-order valence-corrected chi connectivity index (χ4v) is 1.85. The van der Waals surface area contributed by atoms with Crippen LogP contribution >= 0.6 is 0 Å². The third kappa shape index (κ3) is 5.22. The van der Waals surface area contributed by atoms with Gasteiger partial charge in [-0.2, -0.15) is 0 Å². The number of carbonyl (C=O) groups is 1. The van der Waals surface area contributed by atoms with Crippen molar-refractivity contribution in [2.24, 2.45) is 5.92 Å². The van der Waals surface area contributed by atoms with Crippen molar-refractivity contribution in [2.75, 3.05) is 10.6 Å². The van der Waals surface area contributed by atoms with Gasteiger partial charge in [-0.05, 0) is 23.6 Å². The van der Waals surface area contributed by atoms with Crippen LogP contribution in [0, 0.1) is 5.92 Å². The lowest BCUT2D eigenvalue weighted by atomic mass is 10.1. The van der Waals surface area contributed by atoms with Crippen molar-refractivity contribution in [2.45, 2.75) is 26.8 Å². The Labute approximate surface area is 124 Å². The largest absolute Gasteiger partial charge is 0.365 e. The zero-order valence-corrected chi connectivity index (χ0v) is 12.3. The van der Waals surface area contributed by atoms with Gasteiger partial charge in [-0.1, -0.05) is 44.2 Å². The van der Waals surface area contributed by atoms with Crippen molar-refractivity contribution < 1.29 is 4.79 Å². The molecule has 1 amide bonds. The molecule has 0 aliphatic carbocycles. The van der Waals surface area contributed by atoms with E-state index in [2.05, 4.69) is 20.8 Å². The smallest absolute Gasteiger partial charge is 0.225 e. The molecule has 1 heterocycles. The monoisotopic (exact) mass is 284 g/mol. The van der Waals surface area contributed by atoms with E-state index >= 15 is 0 Å². The van der Waals surface area contributed by atoms with Crippen LogP contribution in [0.1, 0.15) is 25.8 Å². The molecule has 2 aromatic rings. The Hall–Kier alpha value is -2.43. The van der Waals surface area contributed by atoms with Gasteiger partial charge in [-0.15, -0.1) is 10.2 Å². The fraction of sp³-hybridized carbons (Fsp3) is 0.312. The first-order valence-corrected chi connectivity index (χ1v) is 7.05. The standard InChI is InChI=1S/C16H20N4O/c1-12(2)10-16(21)18-15-9-8-14(19-20-15)17-11-13-6-4-3-5-7-13/h3-9,12H,10-11H2,1-2H3,(H,17,19)(H,18,20,21). The number of carbonyl (C=O) groups excluding carboxylic acids is 1. The Balaban J connectivity index is 1.86. The molecule has 0 aliphatic rings. The Bertz CT molecular complexity index is 567. The molecule has 5 nitrogen and oxygen atoms in total. The van der Waals surface area contributed by atoms with E-state index < -0.39 is 0 Å². The number of nitrogens with zero attached hydrogens (tertiary/aromatic N) is 2. The van der Waals surface area contributed by atoms with Crippen LogP contribution in [0.25, 0.3) is 0 Å². The van der Waals surface area contributed by atoms with Crippen LogP contribution in [-0.4, -0.2) is 16.1 Å². The Morgan fingerprint density at radius 1 is 1.05 bits per heavy atom. The zero-order valence-electron chi connectivity index (χ0n) is 12.3. The van der Waals surface area contributed by atoms with Crippen molar-refractivity contribution in [3.63, 3.8) is 0 Å². The molecule has 0 atom stereocenters. The van der Waals surface area contributed by atoms with Gasteiger partial charge in [0.05, 0.1) is 0 Å². The second-order valence-electron chi connectivity index (χ2n) is 5.29. The molecular formula is C16H20N4O. The second-order valence-corrected chi connectivity index (χ2v) is 5.29. The number of aromatic nitrogens is 2. The summed E-state index contributed by atoms with van der Waals surface area (Å²) in [7, 11) is 0. The topological polar surface area (TPSA) is 66.9 Å². The number of rotatable bonds is 6. The molecule has 1 aromatic carbocycles. The van der Waals surface area contributed by atoms with E-state index in [4.69, 9.17) is 0 Å². The van der Waals surface area contributed by atoms with Crippen LogP contribution in [0.3, 0.4) is 0 Å². The van der Waals surface area contributed by atoms with Crippen LogP contribution in [0.15, 0.2) is 42.5 Å². The Morgan fingerprint density at radius 2 is 1.71 bits per heavy atom. The molecule has 0 spiro atoms. The van der Waals surface area contributed by atoms with Gasteiger partial charge in [0.15, 0.2) is 5.82 Å². The highest BCUT2D eigenvalue weighted by molar-refractivity contribution is 5.89. The minimum Gasteiger partial charge on any atom is -0.365 e. The van der Waals surface area contributed by atoms with E-state index in [0.29, 0.717) is 30.5 Å². The Morgan fingerprint density at radius 3 is 2.33 bits per heavy atom. The highest BCUT2D eigenvalue weighted by Crippen LogP contribution is 2.09. The predicted octanol–water partition coefficient (Wildman–Crippen LogP) is 3.07. The third-order valence-electron chi connectivity index (χ3n) is 2.84. The first-order chi connectivity index (χ1) is 10.1. The van der Waals surface area contributed by atoms with Crippen LogP contribution in [0.5, 0.6) is 0 Å². The van der Waals surface area contributed by atoms with Crippen LogP contribution in [0.2, 0.25) is 0 Å². The summed E-state index contributed by atoms with van der Waals surface area (Å²) in [6.07, 6.45) is 0.482. The molecule has 0 aliphatic heterocycles. The summed E-state index contributed by atoms with van der Waals surface area (Å²) in [4.78, 5) is 11.6. The molecule has 1 aromatic heterocycles. The van der Waals surface area contributed by atoms with E-state index in [-0.39, 0.29) is 5.91 Å². The maximum absolute atomic E-state index is 11.6. The summed E-state index contributed by atoms with van der Waals surface area (Å²) in [5, 5.41) is 14.0. The van der Waals surface area contributed by atoms with Crippen molar-refractivity contribution in [3.8, 4) is 0 Å². The van der Waals surface area contributed by atoms with Gasteiger partial charge in [-0.3, -0.25) is 4.79 Å². The highest BCUT2D eigenvalue weighted by atomic mass is 16.1. The van der Waals surface area contributed by atoms with Gasteiger partial charge in [-0.25, -0.2) is 0 Å². The summed E-state index contributed by atoms with van der Waals surface area (Å²) in [6.45, 7) is 4.69. The summed E-state index contributed by atoms with van der Waals surface area (Å²) >= 11 is 0. The van der Waals surface area contributed by atoms with E-state index in [1.54, 1.807) is 12.1 Å². The van der Waals surface area contributed by atoms with Crippen molar-refractivity contribution >= 4 is 17.5 Å². The third-order valence-corrected chi connectivity index (χ3v) is 2.84. The number of hydrogen-bond donors (Lipinski definition) is 2. The average Bonchev–Trinajstić information content (AvgIpc) is 2.47. The molecule has 0 radical (unpaired) electrons. The van der Waals surface area contributed by atoms with Gasteiger partial charge in [0, 0.05) is 13.0 Å². The normalized spacial score (nSPS) is 10.4. The van der Waals surface area contributed by atoms with Gasteiger partial charge < -0.3 is 10.6 Å². The summed E-state index contributed by atoms with van der Waals surface area (Å²) in [6, 6.07) is 13.6. The van der Waals surface area contributed by atoms with Crippen molar-refractivity contribution in [3.05, 3.63) is 48.0 Å². The quantitative estimate of drug-likeness (QED) is 0.855. The Kier molecular flexibility index (Phi) is 5.26. The lowest BCUT2D eigenvalue weighted by molar-refractivity contribution is -0.116. The van der Waals surface area contributed by atoms with E-state index in [1.807, 2.05) is 44.2 Å². The van der Waals surface area contributed by atoms with Gasteiger partial charge in [0.2, 0.25) is 5.91 Å².